The second kappa shape index (κ2) is 13.2. The maximum absolute atomic E-state index is 14.0. The van der Waals surface area contributed by atoms with E-state index in [9.17, 15) is 24.0 Å². The molecule has 0 bridgehead atoms. The van der Waals surface area contributed by atoms with Crippen molar-refractivity contribution in [2.75, 3.05) is 6.54 Å². The summed E-state index contributed by atoms with van der Waals surface area (Å²) in [4.78, 5) is 70.6. The van der Waals surface area contributed by atoms with Crippen LogP contribution in [0.25, 0.3) is 0 Å². The Morgan fingerprint density at radius 2 is 1.76 bits per heavy atom. The number of Topliss-reactive ketones (excluding diaryl/α,β-unsaturated/α-hetero) is 1. The van der Waals surface area contributed by atoms with Gasteiger partial charge in [-0.05, 0) is 61.5 Å². The number of nitrogens with zero attached hydrogens (tertiary/aromatic N) is 2. The molecule has 0 spiro atoms. The van der Waals surface area contributed by atoms with Gasteiger partial charge in [-0.25, -0.2) is 4.79 Å². The summed E-state index contributed by atoms with van der Waals surface area (Å²) in [7, 11) is 0. The van der Waals surface area contributed by atoms with Crippen molar-refractivity contribution >= 4 is 29.5 Å². The van der Waals surface area contributed by atoms with Crippen LogP contribution in [0.3, 0.4) is 0 Å². The van der Waals surface area contributed by atoms with Gasteiger partial charge in [-0.3, -0.25) is 24.2 Å². The van der Waals surface area contributed by atoms with Crippen LogP contribution in [-0.2, 0) is 25.6 Å². The molecule has 11 nitrogen and oxygen atoms in total. The van der Waals surface area contributed by atoms with Crippen LogP contribution in [0.1, 0.15) is 90.5 Å². The first-order valence-electron chi connectivity index (χ1n) is 15.3. The van der Waals surface area contributed by atoms with E-state index in [1.165, 1.54) is 4.90 Å². The molecule has 3 fully saturated rings. The Morgan fingerprint density at radius 1 is 1.05 bits per heavy atom. The van der Waals surface area contributed by atoms with Gasteiger partial charge in [0.1, 0.15) is 12.1 Å². The lowest BCUT2D eigenvalue weighted by atomic mass is 9.77. The maximum Gasteiger partial charge on any atom is 0.315 e. The van der Waals surface area contributed by atoms with Gasteiger partial charge in [-0.15, -0.1) is 0 Å². The normalized spacial score (nSPS) is 21.6. The summed E-state index contributed by atoms with van der Waals surface area (Å²) in [6.45, 7) is 5.99. The van der Waals surface area contributed by atoms with Crippen LogP contribution in [0, 0.1) is 11.3 Å². The van der Waals surface area contributed by atoms with Crippen LogP contribution in [-0.4, -0.2) is 69.6 Å². The van der Waals surface area contributed by atoms with E-state index in [0.717, 1.165) is 50.5 Å². The third kappa shape index (κ3) is 8.07. The number of urea groups is 1. The van der Waals surface area contributed by atoms with Crippen LogP contribution < -0.4 is 21.7 Å². The van der Waals surface area contributed by atoms with Crippen molar-refractivity contribution < 1.29 is 24.0 Å². The highest BCUT2D eigenvalue weighted by atomic mass is 16.2. The van der Waals surface area contributed by atoms with E-state index < -0.39 is 52.7 Å². The quantitative estimate of drug-likeness (QED) is 0.293. The Bertz CT molecular complexity index is 1160. The number of carbonyl (C=O) groups excluding carboxylic acids is 5. The average molecular weight is 583 g/mol. The van der Waals surface area contributed by atoms with Crippen molar-refractivity contribution in [2.24, 2.45) is 17.1 Å². The second-order valence-electron chi connectivity index (χ2n) is 13.4. The minimum absolute atomic E-state index is 0.276. The first-order chi connectivity index (χ1) is 19.9. The third-order valence-corrected chi connectivity index (χ3v) is 8.82. The summed E-state index contributed by atoms with van der Waals surface area (Å²) in [5.74, 6) is -2.45. The van der Waals surface area contributed by atoms with Gasteiger partial charge in [-0.2, -0.15) is 0 Å². The summed E-state index contributed by atoms with van der Waals surface area (Å²) in [6, 6.07) is 0.805. The number of primary amides is 1. The highest BCUT2D eigenvalue weighted by molar-refractivity contribution is 6.37. The monoisotopic (exact) mass is 582 g/mol. The van der Waals surface area contributed by atoms with Crippen molar-refractivity contribution in [1.29, 1.82) is 0 Å². The van der Waals surface area contributed by atoms with E-state index in [2.05, 4.69) is 20.9 Å². The molecule has 1 saturated heterocycles. The Hall–Kier alpha value is -3.50. The number of amides is 5. The number of rotatable bonds is 11. The molecule has 0 aromatic carbocycles. The zero-order valence-corrected chi connectivity index (χ0v) is 25.1. The predicted octanol–water partition coefficient (Wildman–Crippen LogP) is 2.37. The molecule has 11 heteroatoms. The number of hydrogen-bond acceptors (Lipinski definition) is 6. The van der Waals surface area contributed by atoms with Gasteiger partial charge in [0.25, 0.3) is 5.91 Å². The zero-order valence-electron chi connectivity index (χ0n) is 25.1. The number of ketones is 1. The Balaban J connectivity index is 1.46. The number of carbonyl (C=O) groups is 5. The number of hydrogen-bond donors (Lipinski definition) is 4. The molecule has 1 aromatic rings. The first kappa shape index (κ1) is 31.4. The summed E-state index contributed by atoms with van der Waals surface area (Å²) >= 11 is 0. The fourth-order valence-corrected chi connectivity index (χ4v) is 6.35. The lowest BCUT2D eigenvalue weighted by Crippen LogP contribution is -2.62. The number of likely N-dealkylation sites (tertiary alicyclic amines) is 1. The van der Waals surface area contributed by atoms with Gasteiger partial charge in [0.15, 0.2) is 0 Å². The molecule has 3 atom stereocenters. The van der Waals surface area contributed by atoms with E-state index >= 15 is 0 Å². The molecule has 1 aliphatic heterocycles. The predicted molar refractivity (Wildman–Crippen MR) is 157 cm³/mol. The fraction of sp³-hybridized carbons (Fsp3) is 0.677. The van der Waals surface area contributed by atoms with E-state index in [4.69, 9.17) is 5.73 Å². The first-order valence-corrected chi connectivity index (χ1v) is 15.3. The van der Waals surface area contributed by atoms with Crippen molar-refractivity contribution in [3.63, 3.8) is 0 Å². The summed E-state index contributed by atoms with van der Waals surface area (Å²) in [5.41, 5.74) is 5.21. The van der Waals surface area contributed by atoms with Crippen LogP contribution in [0.5, 0.6) is 0 Å². The standard InChI is InChI=1S/C31H46N6O5/c1-30(2,3)25(35-29(42)36-31(13-5-4-6-14-31)18-21-9-7-15-33-19-21)28(41)37-16-8-10-23(37)27(40)34-22(17-20-11-12-20)24(38)26(32)39/h7,9,15,19-20,22-23,25H,4-6,8,10-14,16-18H2,1-3H3,(H2,32,39)(H,34,40)(H2,35,36,42)/t22?,23-,25?/m0/s1. The van der Waals surface area contributed by atoms with Gasteiger partial charge in [0.05, 0.1) is 6.04 Å². The van der Waals surface area contributed by atoms with E-state index in [0.29, 0.717) is 32.2 Å². The van der Waals surface area contributed by atoms with Crippen LogP contribution >= 0.6 is 0 Å². The molecule has 1 aromatic heterocycles. The Kier molecular flexibility index (Phi) is 9.89. The summed E-state index contributed by atoms with van der Waals surface area (Å²) in [5, 5.41) is 8.89. The summed E-state index contributed by atoms with van der Waals surface area (Å²) < 4.78 is 0. The number of aromatic nitrogens is 1. The van der Waals surface area contributed by atoms with Crippen LogP contribution in [0.15, 0.2) is 24.5 Å². The highest BCUT2D eigenvalue weighted by Gasteiger charge is 2.44. The lowest BCUT2D eigenvalue weighted by molar-refractivity contribution is -0.143. The molecule has 2 unspecified atom stereocenters. The third-order valence-electron chi connectivity index (χ3n) is 8.82. The number of nitrogens with one attached hydrogen (secondary N) is 3. The molecule has 2 aliphatic carbocycles. The molecule has 42 heavy (non-hydrogen) atoms. The molecule has 0 radical (unpaired) electrons. The molecule has 3 aliphatic rings. The van der Waals surface area contributed by atoms with Crippen molar-refractivity contribution in [3.8, 4) is 0 Å². The van der Waals surface area contributed by atoms with Crippen molar-refractivity contribution in [2.45, 2.75) is 115 Å². The molecule has 5 amide bonds. The minimum atomic E-state index is -1.08. The topological polar surface area (TPSA) is 164 Å². The van der Waals surface area contributed by atoms with Crippen molar-refractivity contribution in [3.05, 3.63) is 30.1 Å². The fourth-order valence-electron chi connectivity index (χ4n) is 6.35. The van der Waals surface area contributed by atoms with Crippen LogP contribution in [0.4, 0.5) is 4.79 Å². The Labute approximate surface area is 248 Å². The lowest BCUT2D eigenvalue weighted by Gasteiger charge is -2.40. The number of nitrogens with two attached hydrogens (primary N) is 1. The van der Waals surface area contributed by atoms with Crippen molar-refractivity contribution in [1.82, 2.24) is 25.8 Å². The molecular weight excluding hydrogens is 536 g/mol. The van der Waals surface area contributed by atoms with E-state index in [1.807, 2.05) is 39.1 Å². The second-order valence-corrected chi connectivity index (χ2v) is 13.4. The molecule has 2 saturated carbocycles. The molecule has 4 rings (SSSR count). The van der Waals surface area contributed by atoms with E-state index in [1.54, 1.807) is 6.20 Å². The largest absolute Gasteiger partial charge is 0.363 e. The van der Waals surface area contributed by atoms with Gasteiger partial charge < -0.3 is 26.6 Å². The van der Waals surface area contributed by atoms with Gasteiger partial charge in [0.2, 0.25) is 17.6 Å². The molecule has 5 N–H and O–H groups in total. The molecule has 230 valence electrons. The van der Waals surface area contributed by atoms with Gasteiger partial charge >= 0.3 is 6.03 Å². The SMILES string of the molecule is CC(C)(C)C(NC(=O)NC1(Cc2cccnc2)CCCCC1)C(=O)N1CCC[C@H]1C(=O)NC(CC1CC1)C(=O)C(N)=O. The molecular formula is C31H46N6O5. The maximum atomic E-state index is 14.0. The van der Waals surface area contributed by atoms with Crippen LogP contribution in [0.2, 0.25) is 0 Å². The van der Waals surface area contributed by atoms with Gasteiger partial charge in [-0.1, -0.05) is 58.9 Å². The highest BCUT2D eigenvalue weighted by Crippen LogP contribution is 2.34. The minimum Gasteiger partial charge on any atom is -0.363 e. The zero-order chi connectivity index (χ0) is 30.5. The molecule has 2 heterocycles. The van der Waals surface area contributed by atoms with E-state index in [-0.39, 0.29) is 11.8 Å². The summed E-state index contributed by atoms with van der Waals surface area (Å²) in [6.07, 6.45) is 12.3. The van der Waals surface area contributed by atoms with Gasteiger partial charge in [0, 0.05) is 24.5 Å². The Morgan fingerprint density at radius 3 is 2.36 bits per heavy atom. The number of pyridine rings is 1. The average Bonchev–Trinajstić information content (AvgIpc) is 3.61. The smallest absolute Gasteiger partial charge is 0.315 e.